The molecule has 5 N–H and O–H groups in total. The Hall–Kier alpha value is -1.68. The fraction of sp³-hybridized carbons (Fsp3) is 0.636. The predicted molar refractivity (Wildman–Crippen MR) is 66.2 cm³/mol. The SMILES string of the molecule is CC1=NC2NC(=O)N(C3OC(CO)C(O)C3O)C=C2N1. The van der Waals surface area contributed by atoms with E-state index in [4.69, 9.17) is 9.84 Å². The zero-order valence-electron chi connectivity index (χ0n) is 10.7. The normalized spacial score (nSPS) is 39.9. The quantitative estimate of drug-likeness (QED) is 0.386. The molecule has 0 radical (unpaired) electrons. The Balaban J connectivity index is 1.83. The van der Waals surface area contributed by atoms with Crippen LogP contribution in [-0.4, -0.2) is 69.4 Å². The number of ether oxygens (including phenoxy) is 1. The van der Waals surface area contributed by atoms with Gasteiger partial charge >= 0.3 is 6.03 Å². The third-order valence-electron chi connectivity index (χ3n) is 3.51. The van der Waals surface area contributed by atoms with Crippen LogP contribution in [0.2, 0.25) is 0 Å². The second-order valence-electron chi connectivity index (χ2n) is 4.91. The highest BCUT2D eigenvalue weighted by atomic mass is 16.6. The van der Waals surface area contributed by atoms with Gasteiger partial charge in [-0.25, -0.2) is 9.79 Å². The number of urea groups is 1. The third-order valence-corrected chi connectivity index (χ3v) is 3.51. The first kappa shape index (κ1) is 13.3. The van der Waals surface area contributed by atoms with Gasteiger partial charge in [-0.1, -0.05) is 0 Å². The summed E-state index contributed by atoms with van der Waals surface area (Å²) in [5.74, 6) is 0.671. The molecule has 0 aliphatic carbocycles. The molecule has 0 aromatic rings. The molecule has 0 aromatic carbocycles. The van der Waals surface area contributed by atoms with Gasteiger partial charge in [-0.05, 0) is 6.92 Å². The van der Waals surface area contributed by atoms with Crippen LogP contribution in [0.5, 0.6) is 0 Å². The number of aliphatic hydroxyl groups excluding tert-OH is 3. The number of nitrogens with one attached hydrogen (secondary N) is 2. The fourth-order valence-electron chi connectivity index (χ4n) is 2.48. The summed E-state index contributed by atoms with van der Waals surface area (Å²) >= 11 is 0. The predicted octanol–water partition coefficient (Wildman–Crippen LogP) is -2.36. The minimum absolute atomic E-state index is 0.441. The summed E-state index contributed by atoms with van der Waals surface area (Å²) < 4.78 is 5.33. The van der Waals surface area contributed by atoms with Crippen molar-refractivity contribution in [3.05, 3.63) is 11.9 Å². The standard InChI is InChI=1S/C11H16N4O5/c1-4-12-5-2-15(11(19)14-9(5)13-4)10-8(18)7(17)6(3-16)20-10/h2,6-10,16-18H,3H2,1H3,(H,12,13)(H,14,19). The molecule has 1 fully saturated rings. The second kappa shape index (κ2) is 4.70. The second-order valence-corrected chi connectivity index (χ2v) is 4.91. The maximum Gasteiger partial charge on any atom is 0.325 e. The molecule has 0 spiro atoms. The lowest BCUT2D eigenvalue weighted by Gasteiger charge is -2.32. The summed E-state index contributed by atoms with van der Waals surface area (Å²) in [6.07, 6.45) is -3.50. The summed E-state index contributed by atoms with van der Waals surface area (Å²) in [4.78, 5) is 17.3. The average Bonchev–Trinajstić information content (AvgIpc) is 2.89. The molecule has 3 aliphatic heterocycles. The van der Waals surface area contributed by atoms with Gasteiger partial charge in [-0.15, -0.1) is 0 Å². The van der Waals surface area contributed by atoms with Gasteiger partial charge in [-0.2, -0.15) is 0 Å². The van der Waals surface area contributed by atoms with Crippen molar-refractivity contribution in [1.82, 2.24) is 15.5 Å². The monoisotopic (exact) mass is 284 g/mol. The number of aliphatic hydroxyl groups is 3. The Morgan fingerprint density at radius 1 is 1.45 bits per heavy atom. The number of hydrogen-bond acceptors (Lipinski definition) is 7. The van der Waals surface area contributed by atoms with Gasteiger partial charge in [0.2, 0.25) is 0 Å². The first-order chi connectivity index (χ1) is 9.51. The van der Waals surface area contributed by atoms with Crippen molar-refractivity contribution < 1.29 is 24.9 Å². The Morgan fingerprint density at radius 2 is 2.20 bits per heavy atom. The molecular weight excluding hydrogens is 268 g/mol. The summed E-state index contributed by atoms with van der Waals surface area (Å²) in [6.45, 7) is 1.33. The van der Waals surface area contributed by atoms with E-state index in [1.165, 1.54) is 6.20 Å². The summed E-state index contributed by atoms with van der Waals surface area (Å²) in [7, 11) is 0. The Bertz CT molecular complexity index is 493. The molecule has 5 unspecified atom stereocenters. The molecule has 9 nitrogen and oxygen atoms in total. The highest BCUT2D eigenvalue weighted by Gasteiger charge is 2.47. The molecule has 9 heteroatoms. The minimum Gasteiger partial charge on any atom is -0.394 e. The lowest BCUT2D eigenvalue weighted by Crippen LogP contribution is -2.54. The Labute approximate surface area is 114 Å². The van der Waals surface area contributed by atoms with Gasteiger partial charge in [0, 0.05) is 6.20 Å². The minimum atomic E-state index is -1.30. The lowest BCUT2D eigenvalue weighted by molar-refractivity contribution is -0.0665. The summed E-state index contributed by atoms with van der Waals surface area (Å²) in [6, 6.07) is -0.492. The molecule has 1 saturated heterocycles. The van der Waals surface area contributed by atoms with E-state index in [1.54, 1.807) is 6.92 Å². The number of aliphatic imine (C=N–C) groups is 1. The Morgan fingerprint density at radius 3 is 2.85 bits per heavy atom. The molecule has 0 saturated carbocycles. The fourth-order valence-corrected chi connectivity index (χ4v) is 2.48. The van der Waals surface area contributed by atoms with Gasteiger partial charge in [0.1, 0.15) is 24.1 Å². The van der Waals surface area contributed by atoms with E-state index in [0.29, 0.717) is 11.5 Å². The molecule has 110 valence electrons. The molecule has 2 amide bonds. The summed E-state index contributed by atoms with van der Waals surface area (Å²) in [5.41, 5.74) is 0.653. The van der Waals surface area contributed by atoms with Crippen LogP contribution >= 0.6 is 0 Å². The number of carbonyl (C=O) groups is 1. The zero-order chi connectivity index (χ0) is 14.4. The van der Waals surface area contributed by atoms with Crippen molar-refractivity contribution in [2.24, 2.45) is 4.99 Å². The number of nitrogens with zero attached hydrogens (tertiary/aromatic N) is 2. The molecular formula is C11H16N4O5. The summed E-state index contributed by atoms with van der Waals surface area (Å²) in [5, 5.41) is 34.3. The smallest absolute Gasteiger partial charge is 0.325 e. The van der Waals surface area contributed by atoms with Crippen molar-refractivity contribution in [3.8, 4) is 0 Å². The molecule has 3 heterocycles. The van der Waals surface area contributed by atoms with Crippen LogP contribution in [0.4, 0.5) is 4.79 Å². The van der Waals surface area contributed by atoms with Crippen molar-refractivity contribution in [2.45, 2.75) is 37.6 Å². The van der Waals surface area contributed by atoms with Crippen LogP contribution in [0.15, 0.2) is 16.9 Å². The van der Waals surface area contributed by atoms with Crippen LogP contribution < -0.4 is 10.6 Å². The average molecular weight is 284 g/mol. The van der Waals surface area contributed by atoms with Crippen LogP contribution in [0.3, 0.4) is 0 Å². The van der Waals surface area contributed by atoms with E-state index < -0.39 is 43.3 Å². The number of hydrogen-bond donors (Lipinski definition) is 5. The van der Waals surface area contributed by atoms with Gasteiger partial charge in [0.25, 0.3) is 0 Å². The number of fused-ring (bicyclic) bond motifs is 1. The lowest BCUT2D eigenvalue weighted by atomic mass is 10.1. The van der Waals surface area contributed by atoms with Crippen molar-refractivity contribution in [2.75, 3.05) is 6.61 Å². The van der Waals surface area contributed by atoms with Gasteiger partial charge < -0.3 is 30.7 Å². The molecule has 5 atom stereocenters. The topological polar surface area (TPSA) is 127 Å². The highest BCUT2D eigenvalue weighted by Crippen LogP contribution is 2.27. The van der Waals surface area contributed by atoms with Crippen LogP contribution in [0.1, 0.15) is 6.92 Å². The number of rotatable bonds is 2. The Kier molecular flexibility index (Phi) is 3.13. The highest BCUT2D eigenvalue weighted by molar-refractivity contribution is 5.87. The molecule has 0 bridgehead atoms. The third kappa shape index (κ3) is 1.95. The van der Waals surface area contributed by atoms with Crippen molar-refractivity contribution in [1.29, 1.82) is 0 Å². The first-order valence-corrected chi connectivity index (χ1v) is 6.25. The van der Waals surface area contributed by atoms with Crippen LogP contribution in [0.25, 0.3) is 0 Å². The first-order valence-electron chi connectivity index (χ1n) is 6.25. The number of amidine groups is 1. The van der Waals surface area contributed by atoms with E-state index >= 15 is 0 Å². The van der Waals surface area contributed by atoms with E-state index in [1.807, 2.05) is 0 Å². The van der Waals surface area contributed by atoms with Gasteiger partial charge in [0.05, 0.1) is 12.3 Å². The largest absolute Gasteiger partial charge is 0.394 e. The van der Waals surface area contributed by atoms with Crippen molar-refractivity contribution in [3.63, 3.8) is 0 Å². The molecule has 3 rings (SSSR count). The zero-order valence-corrected chi connectivity index (χ0v) is 10.7. The van der Waals surface area contributed by atoms with Crippen LogP contribution in [-0.2, 0) is 4.74 Å². The van der Waals surface area contributed by atoms with Crippen molar-refractivity contribution >= 4 is 11.9 Å². The number of amides is 2. The van der Waals surface area contributed by atoms with E-state index in [2.05, 4.69) is 15.6 Å². The molecule has 20 heavy (non-hydrogen) atoms. The van der Waals surface area contributed by atoms with Crippen LogP contribution in [0, 0.1) is 0 Å². The molecule has 0 aromatic heterocycles. The van der Waals surface area contributed by atoms with E-state index in [9.17, 15) is 15.0 Å². The maximum absolute atomic E-state index is 12.0. The van der Waals surface area contributed by atoms with E-state index in [0.717, 1.165) is 4.90 Å². The van der Waals surface area contributed by atoms with E-state index in [-0.39, 0.29) is 0 Å². The number of carbonyl (C=O) groups excluding carboxylic acids is 1. The van der Waals surface area contributed by atoms with Gasteiger partial charge in [0.15, 0.2) is 12.4 Å². The maximum atomic E-state index is 12.0. The molecule has 3 aliphatic rings. The van der Waals surface area contributed by atoms with Gasteiger partial charge in [-0.3, -0.25) is 4.90 Å².